The molecule has 0 aromatic carbocycles. The van der Waals surface area contributed by atoms with Crippen LogP contribution < -0.4 is 10.6 Å². The zero-order valence-electron chi connectivity index (χ0n) is 12.2. The smallest absolute Gasteiger partial charge is 0.131 e. The number of rotatable bonds is 7. The Balaban J connectivity index is 2.95. The highest BCUT2D eigenvalue weighted by Crippen LogP contribution is 2.22. The molecule has 1 aromatic heterocycles. The average Bonchev–Trinajstić information content (AvgIpc) is 2.37. The van der Waals surface area contributed by atoms with Gasteiger partial charge in [0.1, 0.15) is 5.82 Å². The van der Waals surface area contributed by atoms with Gasteiger partial charge in [0.25, 0.3) is 0 Å². The van der Waals surface area contributed by atoms with E-state index in [4.69, 9.17) is 5.73 Å². The number of nitrogens with two attached hydrogens (primary N) is 1. The normalized spacial score (nSPS) is 12.5. The van der Waals surface area contributed by atoms with Gasteiger partial charge < -0.3 is 10.6 Å². The van der Waals surface area contributed by atoms with E-state index >= 15 is 0 Å². The van der Waals surface area contributed by atoms with Crippen molar-refractivity contribution >= 4 is 5.82 Å². The van der Waals surface area contributed by atoms with Gasteiger partial charge in [0.05, 0.1) is 0 Å². The van der Waals surface area contributed by atoms with Crippen LogP contribution in [-0.2, 0) is 0 Å². The van der Waals surface area contributed by atoms with Crippen molar-refractivity contribution in [2.75, 3.05) is 18.0 Å². The van der Waals surface area contributed by atoms with E-state index < -0.39 is 0 Å². The third kappa shape index (κ3) is 3.70. The van der Waals surface area contributed by atoms with Crippen LogP contribution in [-0.4, -0.2) is 18.1 Å². The zero-order chi connectivity index (χ0) is 13.5. The van der Waals surface area contributed by atoms with Crippen LogP contribution in [0.1, 0.15) is 57.2 Å². The average molecular weight is 249 g/mol. The van der Waals surface area contributed by atoms with Gasteiger partial charge in [-0.3, -0.25) is 0 Å². The van der Waals surface area contributed by atoms with Gasteiger partial charge >= 0.3 is 0 Å². The quantitative estimate of drug-likeness (QED) is 0.805. The van der Waals surface area contributed by atoms with Gasteiger partial charge in [-0.2, -0.15) is 0 Å². The van der Waals surface area contributed by atoms with Crippen LogP contribution in [0.5, 0.6) is 0 Å². The molecule has 0 amide bonds. The molecule has 0 bridgehead atoms. The highest BCUT2D eigenvalue weighted by molar-refractivity contribution is 5.47. The summed E-state index contributed by atoms with van der Waals surface area (Å²) < 4.78 is 0. The van der Waals surface area contributed by atoms with Gasteiger partial charge in [0, 0.05) is 25.3 Å². The largest absolute Gasteiger partial charge is 0.356 e. The molecule has 0 fully saturated rings. The van der Waals surface area contributed by atoms with Crippen molar-refractivity contribution in [3.63, 3.8) is 0 Å². The number of pyridine rings is 1. The molecular weight excluding hydrogens is 222 g/mol. The molecule has 2 N–H and O–H groups in total. The second-order valence-electron chi connectivity index (χ2n) is 4.91. The zero-order valence-corrected chi connectivity index (χ0v) is 12.2. The van der Waals surface area contributed by atoms with Crippen molar-refractivity contribution in [2.45, 2.75) is 53.0 Å². The lowest BCUT2D eigenvalue weighted by Crippen LogP contribution is -2.27. The predicted octanol–water partition coefficient (Wildman–Crippen LogP) is 3.43. The van der Waals surface area contributed by atoms with E-state index in [9.17, 15) is 0 Å². The van der Waals surface area contributed by atoms with Crippen LogP contribution >= 0.6 is 0 Å². The molecule has 3 heteroatoms. The van der Waals surface area contributed by atoms with Crippen LogP contribution in [0.4, 0.5) is 5.82 Å². The topological polar surface area (TPSA) is 42.2 Å². The fourth-order valence-electron chi connectivity index (χ4n) is 2.22. The lowest BCUT2D eigenvalue weighted by Gasteiger charge is -2.25. The summed E-state index contributed by atoms with van der Waals surface area (Å²) >= 11 is 0. The van der Waals surface area contributed by atoms with E-state index in [-0.39, 0.29) is 6.04 Å². The Morgan fingerprint density at radius 3 is 2.28 bits per heavy atom. The van der Waals surface area contributed by atoms with Crippen molar-refractivity contribution in [2.24, 2.45) is 5.73 Å². The van der Waals surface area contributed by atoms with Crippen LogP contribution in [0.15, 0.2) is 12.3 Å². The van der Waals surface area contributed by atoms with Crippen LogP contribution in [0.3, 0.4) is 0 Å². The van der Waals surface area contributed by atoms with Gasteiger partial charge in [0.15, 0.2) is 0 Å². The van der Waals surface area contributed by atoms with Crippen LogP contribution in [0.2, 0.25) is 0 Å². The molecule has 0 unspecified atom stereocenters. The minimum Gasteiger partial charge on any atom is -0.356 e. The maximum atomic E-state index is 6.05. The summed E-state index contributed by atoms with van der Waals surface area (Å²) in [5.41, 5.74) is 8.43. The SMILES string of the molecule is CCCN(CCC)c1ncc([C@H](N)CC)cc1C. The summed E-state index contributed by atoms with van der Waals surface area (Å²) in [4.78, 5) is 7.00. The first-order valence-corrected chi connectivity index (χ1v) is 7.11. The Morgan fingerprint density at radius 1 is 1.22 bits per heavy atom. The summed E-state index contributed by atoms with van der Waals surface area (Å²) in [6, 6.07) is 2.30. The second-order valence-corrected chi connectivity index (χ2v) is 4.91. The van der Waals surface area contributed by atoms with Gasteiger partial charge in [-0.25, -0.2) is 4.98 Å². The first-order valence-electron chi connectivity index (χ1n) is 7.11. The van der Waals surface area contributed by atoms with Crippen molar-refractivity contribution in [3.8, 4) is 0 Å². The molecule has 102 valence electrons. The monoisotopic (exact) mass is 249 g/mol. The van der Waals surface area contributed by atoms with Crippen molar-refractivity contribution in [1.29, 1.82) is 0 Å². The molecule has 0 saturated heterocycles. The van der Waals surface area contributed by atoms with Gasteiger partial charge in [0.2, 0.25) is 0 Å². The summed E-state index contributed by atoms with van der Waals surface area (Å²) in [5, 5.41) is 0. The van der Waals surface area contributed by atoms with E-state index in [1.807, 2.05) is 6.20 Å². The van der Waals surface area contributed by atoms with E-state index in [0.29, 0.717) is 0 Å². The first kappa shape index (κ1) is 15.0. The number of aromatic nitrogens is 1. The Hall–Kier alpha value is -1.09. The summed E-state index contributed by atoms with van der Waals surface area (Å²) in [6.07, 6.45) is 5.19. The molecule has 1 aromatic rings. The summed E-state index contributed by atoms with van der Waals surface area (Å²) in [7, 11) is 0. The lowest BCUT2D eigenvalue weighted by molar-refractivity contribution is 0.689. The Kier molecular flexibility index (Phi) is 6.13. The van der Waals surface area contributed by atoms with Gasteiger partial charge in [-0.1, -0.05) is 20.8 Å². The second kappa shape index (κ2) is 7.37. The fraction of sp³-hybridized carbons (Fsp3) is 0.667. The molecule has 1 heterocycles. The van der Waals surface area contributed by atoms with Crippen LogP contribution in [0.25, 0.3) is 0 Å². The number of anilines is 1. The van der Waals surface area contributed by atoms with Crippen molar-refractivity contribution in [3.05, 3.63) is 23.4 Å². The Bertz CT molecular complexity index is 357. The highest BCUT2D eigenvalue weighted by Gasteiger charge is 2.11. The van der Waals surface area contributed by atoms with Crippen molar-refractivity contribution < 1.29 is 0 Å². The van der Waals surface area contributed by atoms with Gasteiger partial charge in [-0.15, -0.1) is 0 Å². The lowest BCUT2D eigenvalue weighted by atomic mass is 10.1. The minimum absolute atomic E-state index is 0.107. The molecule has 0 saturated carbocycles. The number of hydrogen-bond acceptors (Lipinski definition) is 3. The fourth-order valence-corrected chi connectivity index (χ4v) is 2.22. The molecule has 3 nitrogen and oxygen atoms in total. The molecule has 0 aliphatic heterocycles. The molecule has 1 atom stereocenters. The molecule has 0 aliphatic rings. The van der Waals surface area contributed by atoms with E-state index in [1.54, 1.807) is 0 Å². The molecular formula is C15H27N3. The number of hydrogen-bond donors (Lipinski definition) is 1. The van der Waals surface area contributed by atoms with E-state index in [0.717, 1.165) is 43.7 Å². The molecule has 0 radical (unpaired) electrons. The van der Waals surface area contributed by atoms with Gasteiger partial charge in [-0.05, 0) is 43.4 Å². The van der Waals surface area contributed by atoms with E-state index in [2.05, 4.69) is 43.6 Å². The molecule has 0 aliphatic carbocycles. The number of aryl methyl sites for hydroxylation is 1. The predicted molar refractivity (Wildman–Crippen MR) is 79.0 cm³/mol. The maximum absolute atomic E-state index is 6.05. The third-order valence-corrected chi connectivity index (χ3v) is 3.23. The number of nitrogens with zero attached hydrogens (tertiary/aromatic N) is 2. The van der Waals surface area contributed by atoms with Crippen LogP contribution in [0, 0.1) is 6.92 Å². The first-order chi connectivity index (χ1) is 8.63. The maximum Gasteiger partial charge on any atom is 0.131 e. The highest BCUT2D eigenvalue weighted by atomic mass is 15.2. The Morgan fingerprint density at radius 2 is 1.83 bits per heavy atom. The summed E-state index contributed by atoms with van der Waals surface area (Å²) in [6.45, 7) is 10.8. The molecule has 1 rings (SSSR count). The van der Waals surface area contributed by atoms with E-state index in [1.165, 1.54) is 5.56 Å². The Labute approximate surface area is 111 Å². The molecule has 0 spiro atoms. The van der Waals surface area contributed by atoms with Crippen molar-refractivity contribution in [1.82, 2.24) is 4.98 Å². The summed E-state index contributed by atoms with van der Waals surface area (Å²) in [5.74, 6) is 1.12. The standard InChI is InChI=1S/C15H27N3/c1-5-8-18(9-6-2)15-12(4)10-13(11-17-15)14(16)7-3/h10-11,14H,5-9,16H2,1-4H3/t14-/m1/s1. The molecule has 18 heavy (non-hydrogen) atoms. The minimum atomic E-state index is 0.107. The third-order valence-electron chi connectivity index (χ3n) is 3.23.